The third-order valence-electron chi connectivity index (χ3n) is 1.96. The quantitative estimate of drug-likeness (QED) is 0.624. The number of benzene rings is 1. The van der Waals surface area contributed by atoms with Crippen molar-refractivity contribution in [3.05, 3.63) is 28.2 Å². The Labute approximate surface area is 96.6 Å². The van der Waals surface area contributed by atoms with E-state index in [9.17, 15) is 9.18 Å². The van der Waals surface area contributed by atoms with Crippen molar-refractivity contribution in [2.45, 2.75) is 19.8 Å². The summed E-state index contributed by atoms with van der Waals surface area (Å²) in [4.78, 5) is 10.8. The predicted molar refractivity (Wildman–Crippen MR) is 59.8 cm³/mol. The van der Waals surface area contributed by atoms with Crippen LogP contribution < -0.4 is 4.74 Å². The summed E-state index contributed by atoms with van der Waals surface area (Å²) in [6.45, 7) is 2.68. The van der Waals surface area contributed by atoms with Crippen LogP contribution in [0.25, 0.3) is 0 Å². The summed E-state index contributed by atoms with van der Waals surface area (Å²) in [5.74, 6) is -0.143. The van der Waals surface area contributed by atoms with E-state index in [0.717, 1.165) is 10.0 Å². The molecule has 0 saturated carbocycles. The number of halogens is 2. The minimum Gasteiger partial charge on any atom is -0.427 e. The summed E-state index contributed by atoms with van der Waals surface area (Å²) >= 11 is 3.29. The number of carbonyl (C=O) groups excluding carboxylic acids is 1. The minimum atomic E-state index is -0.435. The van der Waals surface area contributed by atoms with E-state index >= 15 is 0 Å². The molecule has 0 aliphatic heterocycles. The Kier molecular flexibility index (Phi) is 4.27. The zero-order chi connectivity index (χ0) is 11.4. The van der Waals surface area contributed by atoms with E-state index in [1.54, 1.807) is 19.1 Å². The first-order valence-electron chi connectivity index (χ1n) is 4.57. The van der Waals surface area contributed by atoms with Crippen molar-refractivity contribution in [3.8, 4) is 5.75 Å². The lowest BCUT2D eigenvalue weighted by atomic mass is 10.0. The maximum absolute atomic E-state index is 12.5. The molecule has 1 aromatic carbocycles. The van der Waals surface area contributed by atoms with Crippen LogP contribution in [-0.2, 0) is 4.79 Å². The van der Waals surface area contributed by atoms with Crippen molar-refractivity contribution in [3.63, 3.8) is 0 Å². The van der Waals surface area contributed by atoms with Gasteiger partial charge in [0.25, 0.3) is 0 Å². The Morgan fingerprint density at radius 1 is 1.53 bits per heavy atom. The Morgan fingerprint density at radius 3 is 2.73 bits per heavy atom. The monoisotopic (exact) mass is 274 g/mol. The van der Waals surface area contributed by atoms with Crippen LogP contribution in [0.5, 0.6) is 5.75 Å². The van der Waals surface area contributed by atoms with Gasteiger partial charge in [-0.05, 0) is 23.8 Å². The van der Waals surface area contributed by atoms with Gasteiger partial charge in [0.1, 0.15) is 5.75 Å². The third kappa shape index (κ3) is 3.63. The second-order valence-corrected chi connectivity index (χ2v) is 4.28. The van der Waals surface area contributed by atoms with Crippen molar-refractivity contribution in [1.29, 1.82) is 0 Å². The van der Waals surface area contributed by atoms with Crippen molar-refractivity contribution in [1.82, 2.24) is 0 Å². The molecule has 0 bridgehead atoms. The highest BCUT2D eigenvalue weighted by Crippen LogP contribution is 2.26. The summed E-state index contributed by atoms with van der Waals surface area (Å²) in [5, 5.41) is 0. The lowest BCUT2D eigenvalue weighted by molar-refractivity contribution is -0.131. The molecule has 1 atom stereocenters. The molecule has 2 nitrogen and oxygen atoms in total. The molecule has 0 fully saturated rings. The van der Waals surface area contributed by atoms with Gasteiger partial charge >= 0.3 is 5.97 Å². The number of carbonyl (C=O) groups is 1. The highest BCUT2D eigenvalue weighted by molar-refractivity contribution is 9.10. The Balaban J connectivity index is 2.99. The molecule has 1 aromatic rings. The first kappa shape index (κ1) is 12.2. The van der Waals surface area contributed by atoms with Gasteiger partial charge in [-0.25, -0.2) is 0 Å². The molecule has 0 aromatic heterocycles. The molecule has 15 heavy (non-hydrogen) atoms. The molecule has 0 amide bonds. The summed E-state index contributed by atoms with van der Waals surface area (Å²) < 4.78 is 18.2. The van der Waals surface area contributed by atoms with E-state index in [-0.39, 0.29) is 11.9 Å². The average Bonchev–Trinajstić information content (AvgIpc) is 2.14. The van der Waals surface area contributed by atoms with E-state index in [1.165, 1.54) is 6.92 Å². The van der Waals surface area contributed by atoms with Crippen LogP contribution in [0, 0.1) is 0 Å². The van der Waals surface area contributed by atoms with Crippen LogP contribution in [0.2, 0.25) is 0 Å². The topological polar surface area (TPSA) is 26.3 Å². The highest BCUT2D eigenvalue weighted by Gasteiger charge is 2.08. The molecule has 0 spiro atoms. The standard InChI is InChI=1S/C11H12BrFO2/c1-7(6-13)9-3-10(12)5-11(4-9)15-8(2)14/h3-5,7H,6H2,1-2H3. The summed E-state index contributed by atoms with van der Waals surface area (Å²) in [6, 6.07) is 5.17. The van der Waals surface area contributed by atoms with Gasteiger partial charge in [-0.3, -0.25) is 9.18 Å². The normalized spacial score (nSPS) is 12.3. The van der Waals surface area contributed by atoms with Crippen molar-refractivity contribution < 1.29 is 13.9 Å². The number of hydrogen-bond acceptors (Lipinski definition) is 2. The van der Waals surface area contributed by atoms with Gasteiger partial charge in [0.05, 0.1) is 6.67 Å². The van der Waals surface area contributed by atoms with Crippen LogP contribution in [0.4, 0.5) is 4.39 Å². The van der Waals surface area contributed by atoms with Gasteiger partial charge < -0.3 is 4.74 Å². The Hall–Kier alpha value is -0.900. The second-order valence-electron chi connectivity index (χ2n) is 3.37. The number of esters is 1. The van der Waals surface area contributed by atoms with E-state index in [2.05, 4.69) is 15.9 Å². The fourth-order valence-electron chi connectivity index (χ4n) is 1.18. The van der Waals surface area contributed by atoms with Gasteiger partial charge in [-0.2, -0.15) is 0 Å². The van der Waals surface area contributed by atoms with Crippen molar-refractivity contribution in [2.75, 3.05) is 6.67 Å². The molecular formula is C11H12BrFO2. The van der Waals surface area contributed by atoms with Crippen LogP contribution in [0.3, 0.4) is 0 Å². The van der Waals surface area contributed by atoms with Gasteiger partial charge in [-0.1, -0.05) is 22.9 Å². The van der Waals surface area contributed by atoms with E-state index in [1.807, 2.05) is 6.07 Å². The van der Waals surface area contributed by atoms with Gasteiger partial charge in [-0.15, -0.1) is 0 Å². The number of ether oxygens (including phenoxy) is 1. The van der Waals surface area contributed by atoms with E-state index < -0.39 is 6.67 Å². The molecule has 82 valence electrons. The predicted octanol–water partition coefficient (Wildman–Crippen LogP) is 3.45. The number of rotatable bonds is 3. The SMILES string of the molecule is CC(=O)Oc1cc(Br)cc(C(C)CF)c1. The highest BCUT2D eigenvalue weighted by atomic mass is 79.9. The molecule has 0 radical (unpaired) electrons. The molecule has 0 heterocycles. The molecule has 4 heteroatoms. The molecule has 0 saturated heterocycles. The van der Waals surface area contributed by atoms with Crippen LogP contribution in [0.15, 0.2) is 22.7 Å². The number of alkyl halides is 1. The largest absolute Gasteiger partial charge is 0.427 e. The van der Waals surface area contributed by atoms with Gasteiger partial charge in [0, 0.05) is 17.3 Å². The maximum atomic E-state index is 12.5. The van der Waals surface area contributed by atoms with Gasteiger partial charge in [0.2, 0.25) is 0 Å². The molecule has 0 N–H and O–H groups in total. The first-order chi connectivity index (χ1) is 7.02. The van der Waals surface area contributed by atoms with Crippen molar-refractivity contribution in [2.24, 2.45) is 0 Å². The maximum Gasteiger partial charge on any atom is 0.308 e. The van der Waals surface area contributed by atoms with E-state index in [4.69, 9.17) is 4.74 Å². The zero-order valence-electron chi connectivity index (χ0n) is 8.59. The second kappa shape index (κ2) is 5.26. The van der Waals surface area contributed by atoms with Crippen molar-refractivity contribution >= 4 is 21.9 Å². The van der Waals surface area contributed by atoms with Gasteiger partial charge in [0.15, 0.2) is 0 Å². The number of hydrogen-bond donors (Lipinski definition) is 0. The molecule has 0 aliphatic rings. The lowest BCUT2D eigenvalue weighted by Crippen LogP contribution is -2.03. The zero-order valence-corrected chi connectivity index (χ0v) is 10.2. The third-order valence-corrected chi connectivity index (χ3v) is 2.41. The summed E-state index contributed by atoms with van der Waals surface area (Å²) in [6.07, 6.45) is 0. The van der Waals surface area contributed by atoms with Crippen LogP contribution in [-0.4, -0.2) is 12.6 Å². The molecule has 1 unspecified atom stereocenters. The Bertz CT molecular complexity index is 366. The average molecular weight is 275 g/mol. The minimum absolute atomic E-state index is 0.197. The lowest BCUT2D eigenvalue weighted by Gasteiger charge is -2.10. The van der Waals surface area contributed by atoms with E-state index in [0.29, 0.717) is 5.75 Å². The first-order valence-corrected chi connectivity index (χ1v) is 5.37. The smallest absolute Gasteiger partial charge is 0.308 e. The summed E-state index contributed by atoms with van der Waals surface area (Å²) in [5.41, 5.74) is 0.808. The molecule has 1 rings (SSSR count). The van der Waals surface area contributed by atoms with Crippen LogP contribution in [0.1, 0.15) is 25.3 Å². The Morgan fingerprint density at radius 2 is 2.20 bits per heavy atom. The summed E-state index contributed by atoms with van der Waals surface area (Å²) in [7, 11) is 0. The molecular weight excluding hydrogens is 263 g/mol. The molecule has 0 aliphatic carbocycles. The fraction of sp³-hybridized carbons (Fsp3) is 0.364. The van der Waals surface area contributed by atoms with Crippen LogP contribution >= 0.6 is 15.9 Å². The fourth-order valence-corrected chi connectivity index (χ4v) is 1.67.